The molecule has 3 atom stereocenters. The van der Waals surface area contributed by atoms with E-state index in [0.29, 0.717) is 29.1 Å². The number of para-hydroxylation sites is 1. The van der Waals surface area contributed by atoms with Gasteiger partial charge < -0.3 is 30.5 Å². The summed E-state index contributed by atoms with van der Waals surface area (Å²) in [5, 5.41) is 23.7. The molecule has 0 bridgehead atoms. The summed E-state index contributed by atoms with van der Waals surface area (Å²) in [6.07, 6.45) is 2.76. The Balaban J connectivity index is 1.65. The number of hydrogen-bond acceptors (Lipinski definition) is 9. The number of rotatable bonds is 15. The first-order chi connectivity index (χ1) is 22.9. The summed E-state index contributed by atoms with van der Waals surface area (Å²) in [6.45, 7) is 4.12. The van der Waals surface area contributed by atoms with Gasteiger partial charge in [0.25, 0.3) is 5.91 Å². The van der Waals surface area contributed by atoms with Gasteiger partial charge in [0.1, 0.15) is 18.0 Å². The van der Waals surface area contributed by atoms with Gasteiger partial charge in [-0.3, -0.25) is 14.4 Å². The highest BCUT2D eigenvalue weighted by molar-refractivity contribution is 7.98. The van der Waals surface area contributed by atoms with Crippen LogP contribution < -0.4 is 20.3 Å². The van der Waals surface area contributed by atoms with Crippen LogP contribution in [-0.4, -0.2) is 67.8 Å². The molecule has 48 heavy (non-hydrogen) atoms. The summed E-state index contributed by atoms with van der Waals surface area (Å²) >= 11 is 1.35. The van der Waals surface area contributed by atoms with Gasteiger partial charge in [0.15, 0.2) is 16.4 Å². The zero-order valence-electron chi connectivity index (χ0n) is 27.3. The van der Waals surface area contributed by atoms with Crippen LogP contribution in [0.1, 0.15) is 57.6 Å². The number of nitrogens with one attached hydrogen (secondary N) is 2. The van der Waals surface area contributed by atoms with Gasteiger partial charge in [-0.15, -0.1) is 11.8 Å². The largest absolute Gasteiger partial charge is 0.483 e. The average Bonchev–Trinajstić information content (AvgIpc) is 3.16. The van der Waals surface area contributed by atoms with E-state index in [-0.39, 0.29) is 16.4 Å². The predicted molar refractivity (Wildman–Crippen MR) is 185 cm³/mol. The molecule has 1 heterocycles. The standard InChI is InChI=1S/C35H43N3O8S2/c1-4-6-17-35(5-2)22-38(25-15-11-8-12-16-25)26-18-28(47-3)27(19-29(26)48(44,45)23-35)46-21-31(40)36-33(24-13-9-7-10-14-24)34(43)37-30(39)20-32(41)42/h7-16,18-19,30,33,39H,4-6,17,20-23H2,1-3H3,(H,36,40)(H,37,43)(H,41,42). The Kier molecular flexibility index (Phi) is 12.5. The van der Waals surface area contributed by atoms with Crippen LogP contribution in [0.5, 0.6) is 5.75 Å². The lowest BCUT2D eigenvalue weighted by Crippen LogP contribution is -2.46. The number of unbranched alkanes of at least 4 members (excludes halogenated alkanes) is 1. The molecule has 1 aliphatic heterocycles. The molecule has 4 rings (SSSR count). The van der Waals surface area contributed by atoms with Gasteiger partial charge in [-0.25, -0.2) is 8.42 Å². The fourth-order valence-electron chi connectivity index (χ4n) is 5.90. The first kappa shape index (κ1) is 36.8. The van der Waals surface area contributed by atoms with Crippen LogP contribution >= 0.6 is 11.8 Å². The number of fused-ring (bicyclic) bond motifs is 1. The molecule has 0 fully saturated rings. The molecule has 0 aliphatic carbocycles. The molecule has 3 aromatic carbocycles. The predicted octanol–water partition coefficient (Wildman–Crippen LogP) is 5.07. The molecule has 0 saturated carbocycles. The molecule has 258 valence electrons. The number of aliphatic hydroxyl groups excluding tert-OH is 1. The maximum absolute atomic E-state index is 14.2. The molecule has 11 nitrogen and oxygen atoms in total. The SMILES string of the molecule is CCCCC1(CC)CN(c2ccccc2)c2cc(SC)c(OCC(=O)NC(C(=O)NC(O)CC(=O)O)c3ccccc3)cc2S(=O)(=O)C1. The lowest BCUT2D eigenvalue weighted by Gasteiger charge is -2.36. The van der Waals surface area contributed by atoms with Crippen molar-refractivity contribution < 1.29 is 37.8 Å². The molecule has 4 N–H and O–H groups in total. The Morgan fingerprint density at radius 1 is 1.02 bits per heavy atom. The minimum Gasteiger partial charge on any atom is -0.483 e. The van der Waals surface area contributed by atoms with Crippen LogP contribution in [0.15, 0.2) is 82.6 Å². The first-order valence-electron chi connectivity index (χ1n) is 15.9. The zero-order chi connectivity index (χ0) is 34.9. The van der Waals surface area contributed by atoms with Crippen molar-refractivity contribution in [2.45, 2.75) is 68.0 Å². The van der Waals surface area contributed by atoms with E-state index in [9.17, 15) is 27.9 Å². The van der Waals surface area contributed by atoms with Crippen LogP contribution in [0.2, 0.25) is 0 Å². The summed E-state index contributed by atoms with van der Waals surface area (Å²) in [7, 11) is -3.79. The van der Waals surface area contributed by atoms with E-state index >= 15 is 0 Å². The molecule has 2 amide bonds. The van der Waals surface area contributed by atoms with Crippen LogP contribution in [0.4, 0.5) is 11.4 Å². The summed E-state index contributed by atoms with van der Waals surface area (Å²) in [5.41, 5.74) is 1.35. The normalized spacial score (nSPS) is 18.1. The third kappa shape index (κ3) is 9.09. The first-order valence-corrected chi connectivity index (χ1v) is 18.7. The number of anilines is 2. The molecule has 0 spiro atoms. The molecular formula is C35H43N3O8S2. The quantitative estimate of drug-likeness (QED) is 0.125. The fourth-order valence-corrected chi connectivity index (χ4v) is 8.62. The van der Waals surface area contributed by atoms with E-state index in [1.165, 1.54) is 17.8 Å². The van der Waals surface area contributed by atoms with Crippen LogP contribution in [0.25, 0.3) is 0 Å². The minimum atomic E-state index is -3.79. The Hall–Kier alpha value is -4.07. The second-order valence-electron chi connectivity index (χ2n) is 11.9. The molecule has 3 aromatic rings. The molecule has 0 radical (unpaired) electrons. The number of hydrogen-bond donors (Lipinski definition) is 4. The van der Waals surface area contributed by atoms with Crippen LogP contribution in [-0.2, 0) is 24.2 Å². The molecule has 13 heteroatoms. The van der Waals surface area contributed by atoms with E-state index < -0.39 is 58.3 Å². The van der Waals surface area contributed by atoms with Crippen molar-refractivity contribution in [1.29, 1.82) is 0 Å². The van der Waals surface area contributed by atoms with Crippen molar-refractivity contribution in [3.8, 4) is 5.75 Å². The Bertz CT molecular complexity index is 1690. The number of carboxylic acids is 1. The average molecular weight is 698 g/mol. The summed E-state index contributed by atoms with van der Waals surface area (Å²) < 4.78 is 34.3. The van der Waals surface area contributed by atoms with Crippen molar-refractivity contribution in [3.05, 3.63) is 78.4 Å². The Labute approximate surface area is 286 Å². The Morgan fingerprint density at radius 2 is 1.69 bits per heavy atom. The molecule has 0 aromatic heterocycles. The molecule has 3 unspecified atom stereocenters. The molecule has 0 saturated heterocycles. The number of carbonyl (C=O) groups is 3. The third-order valence-corrected chi connectivity index (χ3v) is 11.2. The maximum atomic E-state index is 14.2. The highest BCUT2D eigenvalue weighted by Gasteiger charge is 2.42. The van der Waals surface area contributed by atoms with E-state index in [4.69, 9.17) is 9.84 Å². The number of aliphatic hydroxyl groups is 1. The minimum absolute atomic E-state index is 0.0209. The van der Waals surface area contributed by atoms with Crippen molar-refractivity contribution >= 4 is 50.8 Å². The van der Waals surface area contributed by atoms with E-state index in [1.807, 2.05) is 43.5 Å². The smallest absolute Gasteiger partial charge is 0.307 e. The van der Waals surface area contributed by atoms with E-state index in [2.05, 4.69) is 22.5 Å². The molecule has 1 aliphatic rings. The number of thioether (sulfide) groups is 1. The highest BCUT2D eigenvalue weighted by Crippen LogP contribution is 2.47. The lowest BCUT2D eigenvalue weighted by molar-refractivity contribution is -0.141. The monoisotopic (exact) mass is 697 g/mol. The number of carboxylic acid groups (broad SMARTS) is 1. The van der Waals surface area contributed by atoms with Crippen LogP contribution in [0.3, 0.4) is 0 Å². The van der Waals surface area contributed by atoms with Crippen LogP contribution in [0, 0.1) is 5.41 Å². The van der Waals surface area contributed by atoms with Crippen molar-refractivity contribution in [2.75, 3.05) is 30.1 Å². The maximum Gasteiger partial charge on any atom is 0.307 e. The van der Waals surface area contributed by atoms with Gasteiger partial charge in [0.2, 0.25) is 5.91 Å². The number of ether oxygens (including phenoxy) is 1. The zero-order valence-corrected chi connectivity index (χ0v) is 29.0. The van der Waals surface area contributed by atoms with E-state index in [1.54, 1.807) is 36.4 Å². The van der Waals surface area contributed by atoms with Gasteiger partial charge in [0, 0.05) is 23.7 Å². The Morgan fingerprint density at radius 3 is 2.29 bits per heavy atom. The molecular weight excluding hydrogens is 655 g/mol. The fraction of sp³-hybridized carbons (Fsp3) is 0.400. The van der Waals surface area contributed by atoms with Crippen molar-refractivity contribution in [1.82, 2.24) is 10.6 Å². The van der Waals surface area contributed by atoms with Gasteiger partial charge in [0.05, 0.1) is 27.7 Å². The number of aliphatic carboxylic acids is 1. The summed E-state index contributed by atoms with van der Waals surface area (Å²) in [4.78, 5) is 40.0. The van der Waals surface area contributed by atoms with Gasteiger partial charge >= 0.3 is 5.97 Å². The second kappa shape index (κ2) is 16.4. The van der Waals surface area contributed by atoms with Gasteiger partial charge in [-0.2, -0.15) is 0 Å². The van der Waals surface area contributed by atoms with Crippen molar-refractivity contribution in [2.24, 2.45) is 5.41 Å². The summed E-state index contributed by atoms with van der Waals surface area (Å²) in [6, 6.07) is 20.0. The van der Waals surface area contributed by atoms with Gasteiger partial charge in [-0.05, 0) is 42.9 Å². The highest BCUT2D eigenvalue weighted by atomic mass is 32.2. The van der Waals surface area contributed by atoms with Crippen molar-refractivity contribution in [3.63, 3.8) is 0 Å². The number of benzene rings is 3. The number of carbonyl (C=O) groups excluding carboxylic acids is 2. The summed E-state index contributed by atoms with van der Waals surface area (Å²) in [5.74, 6) is -2.62. The van der Waals surface area contributed by atoms with E-state index in [0.717, 1.165) is 24.9 Å². The number of amides is 2. The second-order valence-corrected chi connectivity index (χ2v) is 14.7. The number of sulfone groups is 1. The lowest BCUT2D eigenvalue weighted by atomic mass is 9.81. The third-order valence-electron chi connectivity index (χ3n) is 8.48. The van der Waals surface area contributed by atoms with Gasteiger partial charge in [-0.1, -0.05) is 75.2 Å². The number of nitrogens with zero attached hydrogens (tertiary/aromatic N) is 1. The topological polar surface area (TPSA) is 162 Å².